The quantitative estimate of drug-likeness (QED) is 0.754. The second-order valence-corrected chi connectivity index (χ2v) is 5.59. The highest BCUT2D eigenvalue weighted by Crippen LogP contribution is 2.24. The summed E-state index contributed by atoms with van der Waals surface area (Å²) in [5.41, 5.74) is 0.405. The number of rotatable bonds is 3. The van der Waals surface area contributed by atoms with Crippen LogP contribution < -0.4 is 5.32 Å². The molecule has 2 heteroatoms. The first-order valence-electron chi connectivity index (χ1n) is 5.81. The van der Waals surface area contributed by atoms with Crippen LogP contribution in [0.3, 0.4) is 0 Å². The monoisotopic (exact) mass is 199 g/mol. The molecule has 1 saturated heterocycles. The molecule has 1 fully saturated rings. The zero-order valence-corrected chi connectivity index (χ0v) is 10.1. The molecule has 1 aliphatic heterocycles. The standard InChI is InChI=1S/C12H25NO/c1-10(12(2,3)4)8-13-11-6-5-7-14-9-11/h10-11,13H,5-9H2,1-4H3. The van der Waals surface area contributed by atoms with E-state index in [0.717, 1.165) is 19.8 Å². The van der Waals surface area contributed by atoms with Gasteiger partial charge in [-0.1, -0.05) is 27.7 Å². The van der Waals surface area contributed by atoms with Crippen LogP contribution in [0.2, 0.25) is 0 Å². The van der Waals surface area contributed by atoms with Gasteiger partial charge in [0.05, 0.1) is 6.61 Å². The lowest BCUT2D eigenvalue weighted by Gasteiger charge is -2.30. The third-order valence-electron chi connectivity index (χ3n) is 3.35. The van der Waals surface area contributed by atoms with Crippen molar-refractivity contribution in [2.24, 2.45) is 11.3 Å². The normalized spacial score (nSPS) is 26.1. The first-order chi connectivity index (χ1) is 6.50. The van der Waals surface area contributed by atoms with Crippen LogP contribution >= 0.6 is 0 Å². The van der Waals surface area contributed by atoms with E-state index in [0.29, 0.717) is 17.4 Å². The fourth-order valence-corrected chi connectivity index (χ4v) is 1.55. The summed E-state index contributed by atoms with van der Waals surface area (Å²) in [5, 5.41) is 3.60. The van der Waals surface area contributed by atoms with Gasteiger partial charge in [0.1, 0.15) is 0 Å². The lowest BCUT2D eigenvalue weighted by molar-refractivity contribution is 0.0669. The first-order valence-corrected chi connectivity index (χ1v) is 5.81. The zero-order valence-electron chi connectivity index (χ0n) is 10.1. The molecular formula is C12H25NO. The van der Waals surface area contributed by atoms with E-state index >= 15 is 0 Å². The largest absolute Gasteiger partial charge is 0.380 e. The minimum absolute atomic E-state index is 0.405. The van der Waals surface area contributed by atoms with E-state index in [2.05, 4.69) is 33.0 Å². The molecule has 2 nitrogen and oxygen atoms in total. The molecule has 0 bridgehead atoms. The molecule has 0 aromatic rings. The van der Waals surface area contributed by atoms with E-state index in [1.807, 2.05) is 0 Å². The second-order valence-electron chi connectivity index (χ2n) is 5.59. The Morgan fingerprint density at radius 1 is 1.43 bits per heavy atom. The summed E-state index contributed by atoms with van der Waals surface area (Å²) in [6.45, 7) is 12.2. The molecule has 2 unspecified atom stereocenters. The van der Waals surface area contributed by atoms with Crippen molar-refractivity contribution < 1.29 is 4.74 Å². The minimum Gasteiger partial charge on any atom is -0.380 e. The average molecular weight is 199 g/mol. The molecule has 1 heterocycles. The summed E-state index contributed by atoms with van der Waals surface area (Å²) < 4.78 is 5.44. The van der Waals surface area contributed by atoms with E-state index < -0.39 is 0 Å². The summed E-state index contributed by atoms with van der Waals surface area (Å²) in [7, 11) is 0. The molecule has 1 N–H and O–H groups in total. The van der Waals surface area contributed by atoms with Crippen molar-refractivity contribution in [3.63, 3.8) is 0 Å². The molecule has 2 atom stereocenters. The van der Waals surface area contributed by atoms with Crippen molar-refractivity contribution in [2.45, 2.75) is 46.6 Å². The van der Waals surface area contributed by atoms with Crippen LogP contribution in [-0.4, -0.2) is 25.8 Å². The molecule has 0 aromatic heterocycles. The number of nitrogens with one attached hydrogen (secondary N) is 1. The Labute approximate surface area is 88.4 Å². The Balaban J connectivity index is 2.19. The smallest absolute Gasteiger partial charge is 0.0619 e. The lowest BCUT2D eigenvalue weighted by Crippen LogP contribution is -2.41. The fraction of sp³-hybridized carbons (Fsp3) is 1.00. The van der Waals surface area contributed by atoms with Crippen molar-refractivity contribution in [1.82, 2.24) is 5.32 Å². The van der Waals surface area contributed by atoms with Gasteiger partial charge in [0.2, 0.25) is 0 Å². The third kappa shape index (κ3) is 3.97. The molecule has 0 aliphatic carbocycles. The van der Waals surface area contributed by atoms with Crippen LogP contribution in [0, 0.1) is 11.3 Å². The van der Waals surface area contributed by atoms with Crippen LogP contribution in [0.1, 0.15) is 40.5 Å². The Kier molecular flexibility index (Phi) is 4.39. The van der Waals surface area contributed by atoms with Crippen molar-refractivity contribution in [3.8, 4) is 0 Å². The van der Waals surface area contributed by atoms with Crippen LogP contribution in [0.4, 0.5) is 0 Å². The maximum absolute atomic E-state index is 5.44. The highest BCUT2D eigenvalue weighted by atomic mass is 16.5. The van der Waals surface area contributed by atoms with Gasteiger partial charge in [-0.15, -0.1) is 0 Å². The molecule has 0 radical (unpaired) electrons. The highest BCUT2D eigenvalue weighted by molar-refractivity contribution is 4.76. The van der Waals surface area contributed by atoms with Crippen molar-refractivity contribution in [3.05, 3.63) is 0 Å². The topological polar surface area (TPSA) is 21.3 Å². The maximum Gasteiger partial charge on any atom is 0.0619 e. The Morgan fingerprint density at radius 2 is 2.14 bits per heavy atom. The molecule has 0 amide bonds. The molecule has 84 valence electrons. The van der Waals surface area contributed by atoms with Gasteiger partial charge in [0.25, 0.3) is 0 Å². The van der Waals surface area contributed by atoms with Gasteiger partial charge in [0, 0.05) is 12.6 Å². The first kappa shape index (κ1) is 12.0. The molecule has 1 rings (SSSR count). The lowest BCUT2D eigenvalue weighted by atomic mass is 9.82. The van der Waals surface area contributed by atoms with Crippen LogP contribution in [0.5, 0.6) is 0 Å². The minimum atomic E-state index is 0.405. The van der Waals surface area contributed by atoms with E-state index in [1.54, 1.807) is 0 Å². The van der Waals surface area contributed by atoms with E-state index in [9.17, 15) is 0 Å². The molecular weight excluding hydrogens is 174 g/mol. The summed E-state index contributed by atoms with van der Waals surface area (Å²) in [5.74, 6) is 0.712. The number of hydrogen-bond donors (Lipinski definition) is 1. The number of hydrogen-bond acceptors (Lipinski definition) is 2. The van der Waals surface area contributed by atoms with Crippen molar-refractivity contribution in [2.75, 3.05) is 19.8 Å². The Bertz CT molecular complexity index is 156. The zero-order chi connectivity index (χ0) is 10.6. The summed E-state index contributed by atoms with van der Waals surface area (Å²) in [6.07, 6.45) is 2.48. The van der Waals surface area contributed by atoms with E-state index in [4.69, 9.17) is 4.74 Å². The summed E-state index contributed by atoms with van der Waals surface area (Å²) in [6, 6.07) is 0.591. The van der Waals surface area contributed by atoms with Gasteiger partial charge >= 0.3 is 0 Å². The second kappa shape index (κ2) is 5.13. The summed E-state index contributed by atoms with van der Waals surface area (Å²) in [4.78, 5) is 0. The predicted octanol–water partition coefficient (Wildman–Crippen LogP) is 2.44. The van der Waals surface area contributed by atoms with Gasteiger partial charge in [-0.2, -0.15) is 0 Å². The van der Waals surface area contributed by atoms with E-state index in [-0.39, 0.29) is 0 Å². The van der Waals surface area contributed by atoms with Gasteiger partial charge in [-0.25, -0.2) is 0 Å². The van der Waals surface area contributed by atoms with Crippen LogP contribution in [0.25, 0.3) is 0 Å². The van der Waals surface area contributed by atoms with Gasteiger partial charge in [-0.05, 0) is 30.7 Å². The maximum atomic E-state index is 5.44. The van der Waals surface area contributed by atoms with Crippen LogP contribution in [0.15, 0.2) is 0 Å². The Hall–Kier alpha value is -0.0800. The summed E-state index contributed by atoms with van der Waals surface area (Å²) >= 11 is 0. The SMILES string of the molecule is CC(CNC1CCCOC1)C(C)(C)C. The van der Waals surface area contributed by atoms with Crippen molar-refractivity contribution >= 4 is 0 Å². The highest BCUT2D eigenvalue weighted by Gasteiger charge is 2.21. The predicted molar refractivity (Wildman–Crippen MR) is 60.5 cm³/mol. The van der Waals surface area contributed by atoms with Gasteiger partial charge < -0.3 is 10.1 Å². The van der Waals surface area contributed by atoms with Crippen molar-refractivity contribution in [1.29, 1.82) is 0 Å². The molecule has 1 aliphatic rings. The molecule has 0 aromatic carbocycles. The third-order valence-corrected chi connectivity index (χ3v) is 3.35. The van der Waals surface area contributed by atoms with E-state index in [1.165, 1.54) is 12.8 Å². The number of ether oxygens (including phenoxy) is 1. The van der Waals surface area contributed by atoms with Gasteiger partial charge in [-0.3, -0.25) is 0 Å². The molecule has 0 saturated carbocycles. The molecule has 14 heavy (non-hydrogen) atoms. The fourth-order valence-electron chi connectivity index (χ4n) is 1.55. The average Bonchev–Trinajstić information content (AvgIpc) is 2.14. The molecule has 0 spiro atoms. The Morgan fingerprint density at radius 3 is 2.64 bits per heavy atom. The van der Waals surface area contributed by atoms with Gasteiger partial charge in [0.15, 0.2) is 0 Å². The van der Waals surface area contributed by atoms with Crippen LogP contribution in [-0.2, 0) is 4.74 Å².